The molecule has 4 atom stereocenters. The molecular weight excluding hydrogens is 908 g/mol. The number of aromatic nitrogens is 4. The van der Waals surface area contributed by atoms with Crippen molar-refractivity contribution in [3.05, 3.63) is 107 Å². The molecule has 2 aliphatic rings. The number of Topliss-reactive ketones (excluding diaryl/α,β-unsaturated/α-hetero) is 2. The molecule has 320 valence electrons. The third kappa shape index (κ3) is 10.4. The number of nitrogen functional groups attached to an aromatic ring is 1. The summed E-state index contributed by atoms with van der Waals surface area (Å²) in [5, 5.41) is 4.28. The summed E-state index contributed by atoms with van der Waals surface area (Å²) in [5.74, 6) is -1.85. The molecule has 10 nitrogen and oxygen atoms in total. The third-order valence-corrected chi connectivity index (χ3v) is 10.7. The molecule has 4 heterocycles. The lowest BCUT2D eigenvalue weighted by molar-refractivity contribution is 0.0944. The van der Waals surface area contributed by atoms with Gasteiger partial charge in [-0.3, -0.25) is 18.4 Å². The normalized spacial score (nSPS) is 17.8. The number of nitrogens with one attached hydrogen (secondary N) is 1. The van der Waals surface area contributed by atoms with E-state index in [-0.39, 0.29) is 64.5 Å². The first-order chi connectivity index (χ1) is 28.1. The fourth-order valence-corrected chi connectivity index (χ4v) is 7.37. The minimum atomic E-state index is -1.10. The fourth-order valence-electron chi connectivity index (χ4n) is 6.66. The molecule has 2 aromatic carbocycles. The Kier molecular flexibility index (Phi) is 15.3. The zero-order chi connectivity index (χ0) is 42.7. The number of fused-ring (bicyclic) bond motifs is 2. The van der Waals surface area contributed by atoms with Gasteiger partial charge in [0.15, 0.2) is 23.2 Å². The maximum Gasteiger partial charge on any atom is 0.189 e. The zero-order valence-corrected chi connectivity index (χ0v) is 37.7. The van der Waals surface area contributed by atoms with Gasteiger partial charge < -0.3 is 20.9 Å². The Morgan fingerprint density at radius 2 is 1.20 bits per heavy atom. The van der Waals surface area contributed by atoms with Crippen molar-refractivity contribution < 1.29 is 27.2 Å². The summed E-state index contributed by atoms with van der Waals surface area (Å²) >= 11 is 3.31. The van der Waals surface area contributed by atoms with Gasteiger partial charge in [-0.15, -0.1) is 17.0 Å². The highest BCUT2D eigenvalue weighted by atomic mass is 79.9. The number of carbonyl (C=O) groups is 2. The molecule has 2 saturated carbocycles. The van der Waals surface area contributed by atoms with Crippen molar-refractivity contribution in [2.45, 2.75) is 39.0 Å². The predicted octanol–water partition coefficient (Wildman–Crippen LogP) is 9.06. The van der Waals surface area contributed by atoms with Crippen molar-refractivity contribution in [2.75, 3.05) is 64.2 Å². The van der Waals surface area contributed by atoms with E-state index < -0.39 is 24.2 Å². The number of pyridine rings is 2. The van der Waals surface area contributed by atoms with E-state index in [2.05, 4.69) is 50.2 Å². The van der Waals surface area contributed by atoms with Gasteiger partial charge in [0.1, 0.15) is 46.7 Å². The highest BCUT2D eigenvalue weighted by Crippen LogP contribution is 2.40. The van der Waals surface area contributed by atoms with E-state index in [0.29, 0.717) is 40.5 Å². The van der Waals surface area contributed by atoms with Crippen LogP contribution < -0.4 is 11.1 Å². The second-order valence-corrected chi connectivity index (χ2v) is 16.2. The molecule has 0 bridgehead atoms. The predicted molar refractivity (Wildman–Crippen MR) is 239 cm³/mol. The number of likely N-dealkylation sites (N-methyl/N-ethyl adjacent to an activating group) is 1. The van der Waals surface area contributed by atoms with E-state index in [1.54, 1.807) is 71.4 Å². The molecule has 60 heavy (non-hydrogen) atoms. The fraction of sp³-hybridized carbons (Fsp3) is 0.364. The molecule has 16 heteroatoms. The SMILES string of the molecule is Br.CN(C)CCBr.Cc1c(F)cccc1-c1ccc2nc(N)c(C(=O)[C@@H]3C[C@@H]3F)n2c1.Cc1c(F)cccc1-c1ccc2nc(NCCN(C)C)c(C(=O)[C@@H]3C[C@@H]3F)n2c1. The van der Waals surface area contributed by atoms with E-state index in [1.165, 1.54) is 12.1 Å². The number of anilines is 2. The number of rotatable bonds is 12. The Morgan fingerprint density at radius 1 is 0.750 bits per heavy atom. The summed E-state index contributed by atoms with van der Waals surface area (Å²) in [6.07, 6.45) is 1.78. The van der Waals surface area contributed by atoms with Crippen molar-refractivity contribution in [1.82, 2.24) is 28.6 Å². The van der Waals surface area contributed by atoms with Crippen molar-refractivity contribution in [3.63, 3.8) is 0 Å². The van der Waals surface area contributed by atoms with Crippen LogP contribution in [-0.2, 0) is 0 Å². The van der Waals surface area contributed by atoms with Crippen LogP contribution in [0.3, 0.4) is 0 Å². The maximum absolute atomic E-state index is 14.0. The van der Waals surface area contributed by atoms with E-state index in [9.17, 15) is 27.2 Å². The smallest absolute Gasteiger partial charge is 0.189 e. The number of halogens is 6. The van der Waals surface area contributed by atoms with Gasteiger partial charge in [-0.25, -0.2) is 27.5 Å². The minimum Gasteiger partial charge on any atom is -0.382 e. The summed E-state index contributed by atoms with van der Waals surface area (Å²) in [6.45, 7) is 5.92. The second kappa shape index (κ2) is 19.8. The molecular formula is C44H50Br2F4N8O2. The van der Waals surface area contributed by atoms with Crippen LogP contribution in [-0.4, -0.2) is 106 Å². The van der Waals surface area contributed by atoms with Crippen molar-refractivity contribution >= 4 is 67.4 Å². The lowest BCUT2D eigenvalue weighted by Crippen LogP contribution is -2.22. The van der Waals surface area contributed by atoms with Gasteiger partial charge >= 0.3 is 0 Å². The first-order valence-corrected chi connectivity index (χ1v) is 20.5. The summed E-state index contributed by atoms with van der Waals surface area (Å²) in [5.41, 5.74) is 11.6. The largest absolute Gasteiger partial charge is 0.382 e. The number of hydrogen-bond acceptors (Lipinski definition) is 8. The molecule has 0 saturated heterocycles. The highest BCUT2D eigenvalue weighted by molar-refractivity contribution is 9.09. The molecule has 6 aromatic rings. The number of carbonyl (C=O) groups excluding carboxylic acids is 2. The van der Waals surface area contributed by atoms with Crippen LogP contribution in [0.5, 0.6) is 0 Å². The average Bonchev–Trinajstić information content (AvgIpc) is 4.04. The maximum atomic E-state index is 14.0. The molecule has 0 aliphatic heterocycles. The number of ketones is 2. The molecule has 0 spiro atoms. The summed E-state index contributed by atoms with van der Waals surface area (Å²) in [6, 6.07) is 16.9. The molecule has 8 rings (SSSR count). The standard InChI is InChI=1S/C22H24F2N4O.C18H15F2N3O.C4H10BrN.BrH/c1-13-15(5-4-6-17(13)23)14-7-8-19-26-22(25-9-10-27(2)3)20(28(19)12-14)21(29)16-11-18(16)24;1-9-11(3-2-4-13(9)19)10-5-6-15-22-18(21)16(23(15)8-10)17(24)12-7-14(12)20;1-6(2)4-3-5;/h4-8,12,16,18,25H,9-11H2,1-3H3;2-6,8,12,14H,7,21H2,1H3;3-4H2,1-2H3;1H/t16-,18+;12-,14+;;/m11../s1. The summed E-state index contributed by atoms with van der Waals surface area (Å²) < 4.78 is 58.0. The van der Waals surface area contributed by atoms with Gasteiger partial charge in [-0.1, -0.05) is 40.2 Å². The lowest BCUT2D eigenvalue weighted by atomic mass is 10.0. The van der Waals surface area contributed by atoms with Gasteiger partial charge in [-0.2, -0.15) is 0 Å². The molecule has 4 aromatic heterocycles. The number of hydrogen-bond donors (Lipinski definition) is 2. The van der Waals surface area contributed by atoms with Crippen LogP contribution in [0.15, 0.2) is 73.1 Å². The number of alkyl halides is 3. The van der Waals surface area contributed by atoms with Crippen LogP contribution in [0.25, 0.3) is 33.5 Å². The number of benzene rings is 2. The molecule has 3 N–H and O–H groups in total. The second-order valence-electron chi connectivity index (χ2n) is 15.4. The van der Waals surface area contributed by atoms with Gasteiger partial charge in [0.25, 0.3) is 0 Å². The Bertz CT molecular complexity index is 2490. The Hall–Kier alpha value is -4.64. The molecule has 2 aliphatic carbocycles. The summed E-state index contributed by atoms with van der Waals surface area (Å²) in [7, 11) is 8.04. The van der Waals surface area contributed by atoms with Crippen LogP contribution in [0.4, 0.5) is 29.2 Å². The van der Waals surface area contributed by atoms with Gasteiger partial charge in [0, 0.05) is 37.4 Å². The monoisotopic (exact) mass is 956 g/mol. The molecule has 0 unspecified atom stereocenters. The van der Waals surface area contributed by atoms with Crippen molar-refractivity contribution in [2.24, 2.45) is 11.8 Å². The van der Waals surface area contributed by atoms with Gasteiger partial charge in [0.2, 0.25) is 0 Å². The third-order valence-electron chi connectivity index (χ3n) is 10.4. The first-order valence-electron chi connectivity index (χ1n) is 19.4. The average molecular weight is 959 g/mol. The minimum absolute atomic E-state index is 0. The lowest BCUT2D eigenvalue weighted by Gasteiger charge is -2.11. The molecule has 0 amide bonds. The zero-order valence-electron chi connectivity index (χ0n) is 34.4. The van der Waals surface area contributed by atoms with Gasteiger partial charge in [0.05, 0.1) is 11.8 Å². The van der Waals surface area contributed by atoms with E-state index in [1.807, 2.05) is 31.1 Å². The number of imidazole rings is 2. The van der Waals surface area contributed by atoms with Crippen molar-refractivity contribution in [1.29, 1.82) is 0 Å². The van der Waals surface area contributed by atoms with E-state index in [0.717, 1.165) is 40.7 Å². The molecule has 0 radical (unpaired) electrons. The van der Waals surface area contributed by atoms with Crippen LogP contribution in [0.2, 0.25) is 0 Å². The van der Waals surface area contributed by atoms with E-state index in [4.69, 9.17) is 5.73 Å². The van der Waals surface area contributed by atoms with Crippen LogP contribution in [0, 0.1) is 37.3 Å². The van der Waals surface area contributed by atoms with Gasteiger partial charge in [-0.05, 0) is 125 Å². The highest BCUT2D eigenvalue weighted by Gasteiger charge is 2.46. The Labute approximate surface area is 366 Å². The van der Waals surface area contributed by atoms with Crippen molar-refractivity contribution in [3.8, 4) is 22.3 Å². The quantitative estimate of drug-likeness (QED) is 0.0711. The Balaban J connectivity index is 0.000000200. The van der Waals surface area contributed by atoms with Crippen LogP contribution in [0.1, 0.15) is 44.9 Å². The van der Waals surface area contributed by atoms with E-state index >= 15 is 0 Å². The van der Waals surface area contributed by atoms with Crippen LogP contribution >= 0.6 is 32.9 Å². The summed E-state index contributed by atoms with van der Waals surface area (Å²) in [4.78, 5) is 38.3. The number of nitrogens with zero attached hydrogens (tertiary/aromatic N) is 6. The number of nitrogens with two attached hydrogens (primary N) is 1. The Morgan fingerprint density at radius 3 is 1.63 bits per heavy atom. The molecule has 2 fully saturated rings. The first kappa shape index (κ1) is 46.4. The topological polar surface area (TPSA) is 113 Å².